The lowest BCUT2D eigenvalue weighted by Gasteiger charge is -2.31. The first-order valence-electron chi connectivity index (χ1n) is 8.86. The highest BCUT2D eigenvalue weighted by molar-refractivity contribution is 5.39. The van der Waals surface area contributed by atoms with E-state index in [1.54, 1.807) is 0 Å². The fourth-order valence-electron chi connectivity index (χ4n) is 3.51. The summed E-state index contributed by atoms with van der Waals surface area (Å²) in [5.41, 5.74) is 4.14. The first-order chi connectivity index (χ1) is 12.0. The summed E-state index contributed by atoms with van der Waals surface area (Å²) in [6.45, 7) is 4.64. The Bertz CT molecular complexity index is 731. The Balaban J connectivity index is 1.58. The van der Waals surface area contributed by atoms with Crippen molar-refractivity contribution in [1.29, 1.82) is 0 Å². The molecule has 0 spiro atoms. The molecule has 3 rings (SSSR count). The molecule has 3 N–H and O–H groups in total. The van der Waals surface area contributed by atoms with Gasteiger partial charge >= 0.3 is 0 Å². The van der Waals surface area contributed by atoms with Crippen LogP contribution in [-0.4, -0.2) is 36.1 Å². The van der Waals surface area contributed by atoms with Crippen molar-refractivity contribution >= 4 is 0 Å². The fraction of sp³-hybridized carbons (Fsp3) is 0.429. The van der Waals surface area contributed by atoms with Crippen molar-refractivity contribution < 1.29 is 14.9 Å². The van der Waals surface area contributed by atoms with Crippen molar-refractivity contribution in [3.63, 3.8) is 0 Å². The van der Waals surface area contributed by atoms with Gasteiger partial charge < -0.3 is 20.3 Å². The largest absolute Gasteiger partial charge is 0.491 e. The van der Waals surface area contributed by atoms with Crippen molar-refractivity contribution in [2.75, 3.05) is 19.8 Å². The molecule has 0 aliphatic heterocycles. The second-order valence-electron chi connectivity index (χ2n) is 7.01. The highest BCUT2D eigenvalue weighted by Crippen LogP contribution is 2.36. The van der Waals surface area contributed by atoms with E-state index in [2.05, 4.69) is 17.4 Å². The molecule has 0 aromatic heterocycles. The summed E-state index contributed by atoms with van der Waals surface area (Å²) in [4.78, 5) is 0. The van der Waals surface area contributed by atoms with Gasteiger partial charge in [-0.15, -0.1) is 0 Å². The van der Waals surface area contributed by atoms with Crippen LogP contribution in [0.5, 0.6) is 5.75 Å². The average Bonchev–Trinajstić information content (AvgIpc) is 3.00. The van der Waals surface area contributed by atoms with E-state index in [4.69, 9.17) is 4.74 Å². The number of aryl methyl sites for hydroxylation is 3. The predicted octanol–water partition coefficient (Wildman–Crippen LogP) is 2.47. The summed E-state index contributed by atoms with van der Waals surface area (Å²) >= 11 is 0. The van der Waals surface area contributed by atoms with Gasteiger partial charge in [-0.05, 0) is 55.0 Å². The third-order valence-corrected chi connectivity index (χ3v) is 5.07. The molecular formula is C21H27NO3. The number of aliphatic hydroxyl groups excluding tert-OH is 2. The standard InChI is InChI=1S/C21H27NO3/c1-15-7-8-16(2)20(11-15)25-13-18(24)12-22-21(14-23)10-9-17-5-3-4-6-19(17)21/h3-8,11,18,22-24H,9-10,12-14H2,1-2H3. The lowest BCUT2D eigenvalue weighted by Crippen LogP contribution is -2.48. The Kier molecular flexibility index (Phi) is 5.42. The molecule has 25 heavy (non-hydrogen) atoms. The monoisotopic (exact) mass is 341 g/mol. The third-order valence-electron chi connectivity index (χ3n) is 5.07. The molecule has 0 fully saturated rings. The van der Waals surface area contributed by atoms with Gasteiger partial charge in [0.15, 0.2) is 0 Å². The number of fused-ring (bicyclic) bond motifs is 1. The minimum atomic E-state index is -0.643. The van der Waals surface area contributed by atoms with Gasteiger partial charge in [0.2, 0.25) is 0 Å². The molecule has 0 bridgehead atoms. The maximum atomic E-state index is 10.3. The quantitative estimate of drug-likeness (QED) is 0.724. The zero-order valence-corrected chi connectivity index (χ0v) is 15.0. The summed E-state index contributed by atoms with van der Waals surface area (Å²) in [5.74, 6) is 0.808. The third kappa shape index (κ3) is 3.87. The molecule has 1 aliphatic rings. The van der Waals surface area contributed by atoms with Crippen LogP contribution in [0.4, 0.5) is 0 Å². The lowest BCUT2D eigenvalue weighted by molar-refractivity contribution is 0.0831. The minimum Gasteiger partial charge on any atom is -0.491 e. The van der Waals surface area contributed by atoms with Crippen LogP contribution in [-0.2, 0) is 12.0 Å². The van der Waals surface area contributed by atoms with E-state index >= 15 is 0 Å². The SMILES string of the molecule is Cc1ccc(C)c(OCC(O)CNC2(CO)CCc3ccccc32)c1. The maximum Gasteiger partial charge on any atom is 0.122 e. The number of rotatable bonds is 7. The Morgan fingerprint density at radius 1 is 1.20 bits per heavy atom. The fourth-order valence-corrected chi connectivity index (χ4v) is 3.51. The molecule has 1 aliphatic carbocycles. The molecule has 0 saturated carbocycles. The number of ether oxygens (including phenoxy) is 1. The lowest BCUT2D eigenvalue weighted by atomic mass is 9.92. The predicted molar refractivity (Wildman–Crippen MR) is 98.9 cm³/mol. The van der Waals surface area contributed by atoms with E-state index in [1.807, 2.05) is 44.2 Å². The Morgan fingerprint density at radius 2 is 2.00 bits per heavy atom. The van der Waals surface area contributed by atoms with Crippen LogP contribution in [0.15, 0.2) is 42.5 Å². The number of hydrogen-bond donors (Lipinski definition) is 3. The van der Waals surface area contributed by atoms with E-state index in [9.17, 15) is 10.2 Å². The van der Waals surface area contributed by atoms with E-state index in [0.717, 1.165) is 35.3 Å². The molecule has 0 saturated heterocycles. The molecule has 2 atom stereocenters. The zero-order valence-electron chi connectivity index (χ0n) is 15.0. The van der Waals surface area contributed by atoms with Crippen LogP contribution < -0.4 is 10.1 Å². The highest BCUT2D eigenvalue weighted by Gasteiger charge is 2.37. The van der Waals surface area contributed by atoms with Gasteiger partial charge in [0.05, 0.1) is 12.1 Å². The number of benzene rings is 2. The Hall–Kier alpha value is -1.88. The molecule has 0 heterocycles. The van der Waals surface area contributed by atoms with Gasteiger partial charge in [0.1, 0.15) is 18.5 Å². The summed E-state index contributed by atoms with van der Waals surface area (Å²) in [6, 6.07) is 14.2. The van der Waals surface area contributed by atoms with Crippen molar-refractivity contribution in [1.82, 2.24) is 5.32 Å². The van der Waals surface area contributed by atoms with Crippen LogP contribution in [0.3, 0.4) is 0 Å². The molecule has 2 aromatic carbocycles. The minimum absolute atomic E-state index is 0.0224. The smallest absolute Gasteiger partial charge is 0.122 e. The summed E-state index contributed by atoms with van der Waals surface area (Å²) < 4.78 is 5.78. The Labute approximate surface area is 149 Å². The number of hydrogen-bond acceptors (Lipinski definition) is 4. The van der Waals surface area contributed by atoms with E-state index in [1.165, 1.54) is 5.56 Å². The summed E-state index contributed by atoms with van der Waals surface area (Å²) in [7, 11) is 0. The second-order valence-corrected chi connectivity index (χ2v) is 7.01. The van der Waals surface area contributed by atoms with Crippen LogP contribution >= 0.6 is 0 Å². The topological polar surface area (TPSA) is 61.7 Å². The first-order valence-corrected chi connectivity index (χ1v) is 8.86. The van der Waals surface area contributed by atoms with Crippen LogP contribution in [0.25, 0.3) is 0 Å². The molecule has 0 amide bonds. The van der Waals surface area contributed by atoms with E-state index in [0.29, 0.717) is 6.54 Å². The summed E-state index contributed by atoms with van der Waals surface area (Å²) in [5, 5.41) is 23.7. The van der Waals surface area contributed by atoms with Crippen LogP contribution in [0.1, 0.15) is 28.7 Å². The molecule has 2 aromatic rings. The molecule has 4 heteroatoms. The van der Waals surface area contributed by atoms with Gasteiger partial charge in [-0.3, -0.25) is 0 Å². The maximum absolute atomic E-state index is 10.3. The molecule has 2 unspecified atom stereocenters. The van der Waals surface area contributed by atoms with Gasteiger partial charge in [0.25, 0.3) is 0 Å². The van der Waals surface area contributed by atoms with Crippen LogP contribution in [0, 0.1) is 13.8 Å². The van der Waals surface area contributed by atoms with Crippen molar-refractivity contribution in [2.24, 2.45) is 0 Å². The van der Waals surface area contributed by atoms with Crippen molar-refractivity contribution in [3.8, 4) is 5.75 Å². The second kappa shape index (κ2) is 7.56. The normalized spacial score (nSPS) is 20.3. The molecular weight excluding hydrogens is 314 g/mol. The van der Waals surface area contributed by atoms with Crippen molar-refractivity contribution in [3.05, 3.63) is 64.7 Å². The number of nitrogens with one attached hydrogen (secondary N) is 1. The van der Waals surface area contributed by atoms with Crippen molar-refractivity contribution in [2.45, 2.75) is 38.3 Å². The average molecular weight is 341 g/mol. The van der Waals surface area contributed by atoms with E-state index < -0.39 is 11.6 Å². The molecule has 0 radical (unpaired) electrons. The van der Waals surface area contributed by atoms with Gasteiger partial charge in [-0.2, -0.15) is 0 Å². The molecule has 4 nitrogen and oxygen atoms in total. The zero-order chi connectivity index (χ0) is 17.9. The highest BCUT2D eigenvalue weighted by atomic mass is 16.5. The number of aliphatic hydroxyl groups is 2. The molecule has 134 valence electrons. The van der Waals surface area contributed by atoms with Crippen LogP contribution in [0.2, 0.25) is 0 Å². The van der Waals surface area contributed by atoms with E-state index in [-0.39, 0.29) is 13.2 Å². The Morgan fingerprint density at radius 3 is 2.80 bits per heavy atom. The van der Waals surface area contributed by atoms with Gasteiger partial charge in [-0.1, -0.05) is 36.4 Å². The first kappa shape index (κ1) is 17.9. The summed E-state index contributed by atoms with van der Waals surface area (Å²) in [6.07, 6.45) is 1.14. The van der Waals surface area contributed by atoms with Gasteiger partial charge in [-0.25, -0.2) is 0 Å². The van der Waals surface area contributed by atoms with Gasteiger partial charge in [0, 0.05) is 6.54 Å².